The summed E-state index contributed by atoms with van der Waals surface area (Å²) in [4.78, 5) is 23.3. The van der Waals surface area contributed by atoms with Gasteiger partial charge in [-0.1, -0.05) is 6.92 Å². The topological polar surface area (TPSA) is 76.3 Å². The molecular formula is C13H17N3O3. The first-order valence-electron chi connectivity index (χ1n) is 6.08. The number of rotatable bonds is 4. The van der Waals surface area contributed by atoms with Crippen LogP contribution in [-0.2, 0) is 11.8 Å². The van der Waals surface area contributed by atoms with Crippen LogP contribution in [0.1, 0.15) is 6.92 Å². The van der Waals surface area contributed by atoms with E-state index in [1.54, 1.807) is 32.3 Å². The predicted molar refractivity (Wildman–Crippen MR) is 73.2 cm³/mol. The van der Waals surface area contributed by atoms with Crippen LogP contribution >= 0.6 is 0 Å². The van der Waals surface area contributed by atoms with Gasteiger partial charge in [0.15, 0.2) is 5.58 Å². The Labute approximate surface area is 110 Å². The third kappa shape index (κ3) is 2.68. The van der Waals surface area contributed by atoms with E-state index in [1.165, 1.54) is 4.57 Å². The number of hydrogen-bond donors (Lipinski definition) is 2. The van der Waals surface area contributed by atoms with Crippen molar-refractivity contribution in [1.29, 1.82) is 0 Å². The van der Waals surface area contributed by atoms with Crippen LogP contribution in [0.25, 0.3) is 11.1 Å². The average molecular weight is 263 g/mol. The smallest absolute Gasteiger partial charge is 0.408 e. The zero-order valence-corrected chi connectivity index (χ0v) is 11.2. The van der Waals surface area contributed by atoms with Crippen LogP contribution in [0.5, 0.6) is 0 Å². The van der Waals surface area contributed by atoms with Gasteiger partial charge in [0.25, 0.3) is 0 Å². The van der Waals surface area contributed by atoms with E-state index in [-0.39, 0.29) is 11.8 Å². The molecule has 2 aromatic rings. The molecule has 0 radical (unpaired) electrons. The second kappa shape index (κ2) is 5.27. The summed E-state index contributed by atoms with van der Waals surface area (Å²) in [6.07, 6.45) is 0. The predicted octanol–water partition coefficient (Wildman–Crippen LogP) is 0.925. The molecule has 0 saturated carbocycles. The maximum Gasteiger partial charge on any atom is 0.419 e. The Morgan fingerprint density at radius 2 is 2.21 bits per heavy atom. The zero-order valence-electron chi connectivity index (χ0n) is 11.2. The Bertz CT molecular complexity index is 657. The number of benzene rings is 1. The number of carbonyl (C=O) groups excluding carboxylic acids is 1. The van der Waals surface area contributed by atoms with Crippen LogP contribution < -0.4 is 16.4 Å². The summed E-state index contributed by atoms with van der Waals surface area (Å²) in [5, 5.41) is 5.77. The molecule has 1 amide bonds. The Balaban J connectivity index is 2.24. The molecule has 6 heteroatoms. The maximum atomic E-state index is 11.9. The number of carbonyl (C=O) groups is 1. The van der Waals surface area contributed by atoms with Crippen molar-refractivity contribution in [3.05, 3.63) is 28.7 Å². The molecule has 2 rings (SSSR count). The van der Waals surface area contributed by atoms with Crippen molar-refractivity contribution >= 4 is 22.7 Å². The number of oxazole rings is 1. The molecule has 102 valence electrons. The summed E-state index contributed by atoms with van der Waals surface area (Å²) in [5.41, 5.74) is 1.81. The fraction of sp³-hybridized carbons (Fsp3) is 0.385. The second-order valence-corrected chi connectivity index (χ2v) is 4.56. The molecule has 19 heavy (non-hydrogen) atoms. The van der Waals surface area contributed by atoms with Gasteiger partial charge in [-0.2, -0.15) is 0 Å². The zero-order chi connectivity index (χ0) is 14.0. The van der Waals surface area contributed by atoms with E-state index < -0.39 is 5.76 Å². The summed E-state index contributed by atoms with van der Waals surface area (Å²) in [6.45, 7) is 2.45. The van der Waals surface area contributed by atoms with E-state index in [1.807, 2.05) is 6.92 Å². The second-order valence-electron chi connectivity index (χ2n) is 4.56. The van der Waals surface area contributed by atoms with E-state index in [2.05, 4.69) is 10.6 Å². The highest BCUT2D eigenvalue weighted by atomic mass is 16.4. The van der Waals surface area contributed by atoms with Gasteiger partial charge in [-0.25, -0.2) is 4.79 Å². The first-order chi connectivity index (χ1) is 9.02. The molecular weight excluding hydrogens is 246 g/mol. The molecule has 1 heterocycles. The van der Waals surface area contributed by atoms with Crippen molar-refractivity contribution in [2.75, 3.05) is 18.9 Å². The first-order valence-corrected chi connectivity index (χ1v) is 6.08. The van der Waals surface area contributed by atoms with E-state index in [4.69, 9.17) is 4.42 Å². The Hall–Kier alpha value is -2.08. The van der Waals surface area contributed by atoms with Crippen molar-refractivity contribution in [3.8, 4) is 0 Å². The summed E-state index contributed by atoms with van der Waals surface area (Å²) in [5.74, 6) is -0.613. The summed E-state index contributed by atoms with van der Waals surface area (Å²) >= 11 is 0. The van der Waals surface area contributed by atoms with Gasteiger partial charge >= 0.3 is 5.76 Å². The van der Waals surface area contributed by atoms with Crippen molar-refractivity contribution in [3.63, 3.8) is 0 Å². The Morgan fingerprint density at radius 1 is 1.47 bits per heavy atom. The fourth-order valence-corrected chi connectivity index (χ4v) is 1.87. The van der Waals surface area contributed by atoms with Gasteiger partial charge in [-0.15, -0.1) is 0 Å². The lowest BCUT2D eigenvalue weighted by molar-refractivity contribution is -0.119. The van der Waals surface area contributed by atoms with Gasteiger partial charge in [0.2, 0.25) is 5.91 Å². The van der Waals surface area contributed by atoms with Gasteiger partial charge < -0.3 is 15.1 Å². The minimum absolute atomic E-state index is 0.0674. The third-order valence-corrected chi connectivity index (χ3v) is 3.02. The SMILES string of the molecule is CNCC(C)C(=O)Nc1ccc2oc(=O)n(C)c2c1. The number of amides is 1. The Morgan fingerprint density at radius 3 is 2.89 bits per heavy atom. The van der Waals surface area contributed by atoms with Crippen LogP contribution in [-0.4, -0.2) is 24.1 Å². The number of aromatic nitrogens is 1. The van der Waals surface area contributed by atoms with E-state index in [0.717, 1.165) is 0 Å². The fourth-order valence-electron chi connectivity index (χ4n) is 1.87. The normalized spacial score (nSPS) is 12.6. The molecule has 6 nitrogen and oxygen atoms in total. The molecule has 1 aromatic heterocycles. The van der Waals surface area contributed by atoms with Crippen LogP contribution in [0.2, 0.25) is 0 Å². The van der Waals surface area contributed by atoms with Gasteiger partial charge in [0.1, 0.15) is 0 Å². The lowest BCUT2D eigenvalue weighted by atomic mass is 10.1. The van der Waals surface area contributed by atoms with Gasteiger partial charge in [-0.05, 0) is 25.2 Å². The van der Waals surface area contributed by atoms with Crippen molar-refractivity contribution in [2.24, 2.45) is 13.0 Å². The minimum Gasteiger partial charge on any atom is -0.408 e. The molecule has 0 aliphatic heterocycles. The standard InChI is InChI=1S/C13H17N3O3/c1-8(7-14-2)12(17)15-9-4-5-11-10(6-9)16(3)13(18)19-11/h4-6,8,14H,7H2,1-3H3,(H,15,17). The number of aryl methyl sites for hydroxylation is 1. The molecule has 0 bridgehead atoms. The van der Waals surface area contributed by atoms with Crippen molar-refractivity contribution in [2.45, 2.75) is 6.92 Å². The molecule has 1 atom stereocenters. The maximum absolute atomic E-state index is 11.9. The summed E-state index contributed by atoms with van der Waals surface area (Å²) in [6, 6.07) is 5.12. The number of hydrogen-bond acceptors (Lipinski definition) is 4. The molecule has 2 N–H and O–H groups in total. The summed E-state index contributed by atoms with van der Waals surface area (Å²) in [7, 11) is 3.43. The molecule has 1 unspecified atom stereocenters. The highest BCUT2D eigenvalue weighted by Crippen LogP contribution is 2.18. The molecule has 0 saturated heterocycles. The third-order valence-electron chi connectivity index (χ3n) is 3.02. The number of fused-ring (bicyclic) bond motifs is 1. The van der Waals surface area contributed by atoms with Crippen LogP contribution in [0.4, 0.5) is 5.69 Å². The summed E-state index contributed by atoms with van der Waals surface area (Å²) < 4.78 is 6.43. The highest BCUT2D eigenvalue weighted by molar-refractivity contribution is 5.94. The quantitative estimate of drug-likeness (QED) is 0.860. The van der Waals surface area contributed by atoms with E-state index >= 15 is 0 Å². The lowest BCUT2D eigenvalue weighted by Crippen LogP contribution is -2.28. The van der Waals surface area contributed by atoms with Gasteiger partial charge in [0, 0.05) is 25.2 Å². The van der Waals surface area contributed by atoms with Crippen LogP contribution in [0.15, 0.2) is 27.4 Å². The molecule has 0 spiro atoms. The highest BCUT2D eigenvalue weighted by Gasteiger charge is 2.13. The van der Waals surface area contributed by atoms with E-state index in [9.17, 15) is 9.59 Å². The number of nitrogens with zero attached hydrogens (tertiary/aromatic N) is 1. The molecule has 0 fully saturated rings. The van der Waals surface area contributed by atoms with Crippen LogP contribution in [0.3, 0.4) is 0 Å². The minimum atomic E-state index is -0.415. The Kier molecular flexibility index (Phi) is 3.71. The van der Waals surface area contributed by atoms with Gasteiger partial charge in [-0.3, -0.25) is 9.36 Å². The van der Waals surface area contributed by atoms with E-state index in [0.29, 0.717) is 23.3 Å². The number of anilines is 1. The number of nitrogens with one attached hydrogen (secondary N) is 2. The molecule has 1 aromatic carbocycles. The van der Waals surface area contributed by atoms with Crippen molar-refractivity contribution < 1.29 is 9.21 Å². The van der Waals surface area contributed by atoms with Crippen molar-refractivity contribution in [1.82, 2.24) is 9.88 Å². The lowest BCUT2D eigenvalue weighted by Gasteiger charge is -2.11. The average Bonchev–Trinajstić information content (AvgIpc) is 2.66. The van der Waals surface area contributed by atoms with Gasteiger partial charge in [0.05, 0.1) is 5.52 Å². The first kappa shape index (κ1) is 13.4. The molecule has 0 aliphatic rings. The monoisotopic (exact) mass is 263 g/mol. The largest absolute Gasteiger partial charge is 0.419 e. The van der Waals surface area contributed by atoms with Crippen LogP contribution in [0, 0.1) is 5.92 Å². The molecule has 0 aliphatic carbocycles.